The van der Waals surface area contributed by atoms with Crippen LogP contribution in [0.3, 0.4) is 0 Å². The maximum atomic E-state index is 12.7. The van der Waals surface area contributed by atoms with Crippen molar-refractivity contribution in [2.75, 3.05) is 18.8 Å². The number of rotatable bonds is 4. The second kappa shape index (κ2) is 6.49. The number of nitrogens with zero attached hydrogens (tertiary/aromatic N) is 3. The highest BCUT2D eigenvalue weighted by Gasteiger charge is 2.24. The van der Waals surface area contributed by atoms with Crippen LogP contribution in [0.5, 0.6) is 0 Å². The van der Waals surface area contributed by atoms with Crippen molar-refractivity contribution in [3.63, 3.8) is 0 Å². The predicted octanol–water partition coefficient (Wildman–Crippen LogP) is 2.71. The van der Waals surface area contributed by atoms with Crippen LogP contribution in [0.2, 0.25) is 10.0 Å². The zero-order chi connectivity index (χ0) is 19.2. The third kappa shape index (κ3) is 3.13. The zero-order valence-corrected chi connectivity index (χ0v) is 16.4. The molecular weight excluding hydrogens is 401 g/mol. The Morgan fingerprint density at radius 3 is 2.62 bits per heavy atom. The summed E-state index contributed by atoms with van der Waals surface area (Å²) in [4.78, 5) is 20.2. The molecule has 0 radical (unpaired) electrons. The lowest BCUT2D eigenvalue weighted by Crippen LogP contribution is -2.24. The van der Waals surface area contributed by atoms with Crippen LogP contribution < -0.4 is 4.72 Å². The van der Waals surface area contributed by atoms with Gasteiger partial charge < -0.3 is 14.5 Å². The summed E-state index contributed by atoms with van der Waals surface area (Å²) in [6.07, 6.45) is 2.79. The third-order valence-electron chi connectivity index (χ3n) is 3.71. The highest BCUT2D eigenvalue weighted by molar-refractivity contribution is 7.92. The van der Waals surface area contributed by atoms with Gasteiger partial charge in [-0.2, -0.15) is 8.42 Å². The van der Waals surface area contributed by atoms with Crippen molar-refractivity contribution in [3.05, 3.63) is 40.4 Å². The number of H-pyrrole nitrogens is 1. The lowest BCUT2D eigenvalue weighted by Gasteiger charge is -2.09. The number of halogens is 2. The molecule has 1 aromatic carbocycles. The first-order valence-electron chi connectivity index (χ1n) is 7.34. The standard InChI is InChI=1S/C15H15Cl2N5O3S/c1-21(2)15(23)14-19-11(7-22(14)3)26(24,25)20-10-5-4-8(16)12-9(17)6-18-13(10)12/h4-7,18,20H,1-3H3. The fraction of sp³-hybridized carbons (Fsp3) is 0.200. The summed E-state index contributed by atoms with van der Waals surface area (Å²) in [6.45, 7) is 0. The van der Waals surface area contributed by atoms with Crippen molar-refractivity contribution < 1.29 is 13.2 Å². The van der Waals surface area contributed by atoms with Gasteiger partial charge in [0.05, 0.1) is 21.2 Å². The van der Waals surface area contributed by atoms with E-state index in [-0.39, 0.29) is 16.5 Å². The van der Waals surface area contributed by atoms with Gasteiger partial charge in [0.25, 0.3) is 15.9 Å². The van der Waals surface area contributed by atoms with Crippen LogP contribution >= 0.6 is 23.2 Å². The highest BCUT2D eigenvalue weighted by atomic mass is 35.5. The van der Waals surface area contributed by atoms with Crippen LogP contribution in [0.15, 0.2) is 29.6 Å². The molecule has 0 fully saturated rings. The molecule has 8 nitrogen and oxygen atoms in total. The van der Waals surface area contributed by atoms with Gasteiger partial charge in [-0.05, 0) is 12.1 Å². The average Bonchev–Trinajstić information content (AvgIpc) is 3.14. The SMILES string of the molecule is CN(C)C(=O)c1nc(S(=O)(=O)Nc2ccc(Cl)c3c(Cl)c[nH]c23)cn1C. The molecular formula is C15H15Cl2N5O3S. The van der Waals surface area contributed by atoms with E-state index in [0.717, 1.165) is 0 Å². The van der Waals surface area contributed by atoms with Crippen LogP contribution in [0.25, 0.3) is 10.9 Å². The fourth-order valence-corrected chi connectivity index (χ4v) is 4.04. The number of fused-ring (bicyclic) bond motifs is 1. The summed E-state index contributed by atoms with van der Waals surface area (Å²) in [7, 11) is 0.638. The molecule has 2 heterocycles. The molecule has 0 aliphatic rings. The van der Waals surface area contributed by atoms with E-state index in [4.69, 9.17) is 23.2 Å². The molecule has 0 spiro atoms. The number of benzene rings is 1. The molecule has 0 saturated carbocycles. The van der Waals surface area contributed by atoms with Crippen molar-refractivity contribution in [3.8, 4) is 0 Å². The van der Waals surface area contributed by atoms with Gasteiger partial charge in [0, 0.05) is 38.9 Å². The monoisotopic (exact) mass is 415 g/mol. The number of carbonyl (C=O) groups excluding carboxylic acids is 1. The molecule has 0 atom stereocenters. The summed E-state index contributed by atoms with van der Waals surface area (Å²) in [6, 6.07) is 3.06. The molecule has 2 N–H and O–H groups in total. The van der Waals surface area contributed by atoms with E-state index in [9.17, 15) is 13.2 Å². The van der Waals surface area contributed by atoms with Crippen LogP contribution in [-0.4, -0.2) is 47.9 Å². The number of hydrogen-bond donors (Lipinski definition) is 2. The van der Waals surface area contributed by atoms with E-state index >= 15 is 0 Å². The summed E-state index contributed by atoms with van der Waals surface area (Å²) in [5, 5.41) is 1.01. The minimum absolute atomic E-state index is 0.0135. The van der Waals surface area contributed by atoms with E-state index in [1.807, 2.05) is 0 Å². The Bertz CT molecular complexity index is 1120. The maximum Gasteiger partial charge on any atom is 0.289 e. The molecule has 2 aromatic heterocycles. The van der Waals surface area contributed by atoms with Crippen LogP contribution in [0.4, 0.5) is 5.69 Å². The number of aromatic amines is 1. The van der Waals surface area contributed by atoms with Crippen LogP contribution in [0.1, 0.15) is 10.6 Å². The molecule has 0 unspecified atom stereocenters. The Kier molecular flexibility index (Phi) is 4.63. The number of hydrogen-bond acceptors (Lipinski definition) is 4. The lowest BCUT2D eigenvalue weighted by molar-refractivity contribution is 0.0812. The Morgan fingerprint density at radius 2 is 1.96 bits per heavy atom. The van der Waals surface area contributed by atoms with Gasteiger partial charge in [-0.1, -0.05) is 23.2 Å². The first-order chi connectivity index (χ1) is 12.1. The van der Waals surface area contributed by atoms with E-state index in [1.54, 1.807) is 27.2 Å². The van der Waals surface area contributed by atoms with Crippen molar-refractivity contribution in [1.82, 2.24) is 19.4 Å². The molecule has 1 amide bonds. The van der Waals surface area contributed by atoms with E-state index in [2.05, 4.69) is 14.7 Å². The van der Waals surface area contributed by atoms with Gasteiger partial charge in [0.1, 0.15) is 0 Å². The molecule has 3 aromatic rings. The average molecular weight is 416 g/mol. The van der Waals surface area contributed by atoms with Crippen LogP contribution in [-0.2, 0) is 17.1 Å². The molecule has 0 aliphatic carbocycles. The fourth-order valence-electron chi connectivity index (χ4n) is 2.42. The minimum Gasteiger partial charge on any atom is -0.358 e. The summed E-state index contributed by atoms with van der Waals surface area (Å²) in [5.41, 5.74) is 0.717. The highest BCUT2D eigenvalue weighted by Crippen LogP contribution is 2.35. The van der Waals surface area contributed by atoms with Crippen molar-refractivity contribution >= 4 is 55.7 Å². The Balaban J connectivity index is 2.02. The maximum absolute atomic E-state index is 12.7. The van der Waals surface area contributed by atoms with Gasteiger partial charge in [-0.25, -0.2) is 4.98 Å². The second-order valence-corrected chi connectivity index (χ2v) is 8.24. The predicted molar refractivity (Wildman–Crippen MR) is 100 cm³/mol. The molecule has 0 bridgehead atoms. The molecule has 3 rings (SSSR count). The second-order valence-electron chi connectivity index (χ2n) is 5.80. The van der Waals surface area contributed by atoms with Gasteiger partial charge in [0.15, 0.2) is 10.9 Å². The van der Waals surface area contributed by atoms with Gasteiger partial charge in [-0.3, -0.25) is 9.52 Å². The Morgan fingerprint density at radius 1 is 1.27 bits per heavy atom. The van der Waals surface area contributed by atoms with E-state index in [1.165, 1.54) is 27.9 Å². The van der Waals surface area contributed by atoms with E-state index in [0.29, 0.717) is 20.9 Å². The molecule has 138 valence electrons. The van der Waals surface area contributed by atoms with Gasteiger partial charge in [-0.15, -0.1) is 0 Å². The normalized spacial score (nSPS) is 11.7. The number of aryl methyl sites for hydroxylation is 1. The topological polar surface area (TPSA) is 100 Å². The largest absolute Gasteiger partial charge is 0.358 e. The molecule has 11 heteroatoms. The summed E-state index contributed by atoms with van der Waals surface area (Å²) >= 11 is 12.2. The van der Waals surface area contributed by atoms with Crippen molar-refractivity contribution in [1.29, 1.82) is 0 Å². The first-order valence-corrected chi connectivity index (χ1v) is 9.58. The van der Waals surface area contributed by atoms with Gasteiger partial charge >= 0.3 is 0 Å². The lowest BCUT2D eigenvalue weighted by atomic mass is 10.2. The number of carbonyl (C=O) groups is 1. The number of sulfonamides is 1. The molecule has 0 aliphatic heterocycles. The quantitative estimate of drug-likeness (QED) is 0.683. The Labute approximate surface area is 159 Å². The number of aromatic nitrogens is 3. The summed E-state index contributed by atoms with van der Waals surface area (Å²) < 4.78 is 29.2. The van der Waals surface area contributed by atoms with Crippen LogP contribution in [0, 0.1) is 0 Å². The molecule has 0 saturated heterocycles. The van der Waals surface area contributed by atoms with Gasteiger partial charge in [0.2, 0.25) is 0 Å². The zero-order valence-electron chi connectivity index (χ0n) is 14.0. The van der Waals surface area contributed by atoms with Crippen molar-refractivity contribution in [2.24, 2.45) is 7.05 Å². The van der Waals surface area contributed by atoms with E-state index < -0.39 is 15.9 Å². The molecule has 26 heavy (non-hydrogen) atoms. The van der Waals surface area contributed by atoms with Crippen molar-refractivity contribution in [2.45, 2.75) is 5.03 Å². The summed E-state index contributed by atoms with van der Waals surface area (Å²) in [5.74, 6) is -0.390. The Hall–Kier alpha value is -2.23. The minimum atomic E-state index is -4.03. The number of anilines is 1. The third-order valence-corrected chi connectivity index (χ3v) is 5.56. The smallest absolute Gasteiger partial charge is 0.289 e. The first kappa shape index (κ1) is 18.6. The number of nitrogens with one attached hydrogen (secondary N) is 2. The number of amides is 1. The number of imidazole rings is 1.